The van der Waals surface area contributed by atoms with Gasteiger partial charge in [0.1, 0.15) is 0 Å². The zero-order chi connectivity index (χ0) is 14.9. The molecule has 1 amide bonds. The van der Waals surface area contributed by atoms with Crippen molar-refractivity contribution >= 4 is 23.5 Å². The van der Waals surface area contributed by atoms with Gasteiger partial charge in [-0.3, -0.25) is 9.59 Å². The van der Waals surface area contributed by atoms with Gasteiger partial charge >= 0.3 is 0 Å². The molecule has 0 saturated carbocycles. The molecule has 1 heterocycles. The third-order valence-electron chi connectivity index (χ3n) is 3.60. The normalized spacial score (nSPS) is 17.6. The van der Waals surface area contributed by atoms with Gasteiger partial charge in [0.15, 0.2) is 5.78 Å². The summed E-state index contributed by atoms with van der Waals surface area (Å²) < 4.78 is 0. The molecule has 21 heavy (non-hydrogen) atoms. The summed E-state index contributed by atoms with van der Waals surface area (Å²) in [5.41, 5.74) is 0.708. The van der Waals surface area contributed by atoms with Crippen LogP contribution >= 0.6 is 11.8 Å². The number of hydrogen-bond donors (Lipinski definition) is 2. The molecule has 0 spiro atoms. The fourth-order valence-electron chi connectivity index (χ4n) is 2.37. The van der Waals surface area contributed by atoms with Crippen LogP contribution in [0.1, 0.15) is 23.2 Å². The number of Topliss-reactive ketones (excluding diaryl/α,β-unsaturated/α-hetero) is 1. The Balaban J connectivity index is 1.55. The van der Waals surface area contributed by atoms with Crippen molar-refractivity contribution in [3.05, 3.63) is 35.9 Å². The Kier molecular flexibility index (Phi) is 6.76. The summed E-state index contributed by atoms with van der Waals surface area (Å²) >= 11 is 1.37. The van der Waals surface area contributed by atoms with Gasteiger partial charge in [0, 0.05) is 12.1 Å². The van der Waals surface area contributed by atoms with Crippen molar-refractivity contribution in [1.82, 2.24) is 10.6 Å². The Morgan fingerprint density at radius 1 is 1.24 bits per heavy atom. The molecule has 0 radical (unpaired) electrons. The predicted molar refractivity (Wildman–Crippen MR) is 86.7 cm³/mol. The predicted octanol–water partition coefficient (Wildman–Crippen LogP) is 1.72. The highest BCUT2D eigenvalue weighted by atomic mass is 32.2. The van der Waals surface area contributed by atoms with Crippen molar-refractivity contribution < 1.29 is 9.59 Å². The Hall–Kier alpha value is -1.33. The smallest absolute Gasteiger partial charge is 0.230 e. The molecule has 2 N–H and O–H groups in total. The Morgan fingerprint density at radius 3 is 2.76 bits per heavy atom. The minimum atomic E-state index is 0.0202. The van der Waals surface area contributed by atoms with Gasteiger partial charge < -0.3 is 10.6 Å². The van der Waals surface area contributed by atoms with Crippen LogP contribution in [-0.2, 0) is 4.79 Å². The number of hydrogen-bond acceptors (Lipinski definition) is 4. The highest BCUT2D eigenvalue weighted by Gasteiger charge is 2.14. The van der Waals surface area contributed by atoms with Gasteiger partial charge in [-0.2, -0.15) is 0 Å². The number of benzene rings is 1. The van der Waals surface area contributed by atoms with Crippen LogP contribution in [0.3, 0.4) is 0 Å². The zero-order valence-electron chi connectivity index (χ0n) is 12.1. The average molecular weight is 306 g/mol. The number of ketones is 1. The lowest BCUT2D eigenvalue weighted by Crippen LogP contribution is -2.28. The second-order valence-corrected chi connectivity index (χ2v) is 6.27. The molecule has 1 aliphatic heterocycles. The molecule has 0 aliphatic carbocycles. The summed E-state index contributed by atoms with van der Waals surface area (Å²) in [6, 6.07) is 9.19. The average Bonchev–Trinajstić information content (AvgIpc) is 3.01. The molecule has 1 unspecified atom stereocenters. The maximum atomic E-state index is 11.9. The molecule has 5 heteroatoms. The van der Waals surface area contributed by atoms with Gasteiger partial charge in [-0.25, -0.2) is 0 Å². The van der Waals surface area contributed by atoms with Crippen LogP contribution < -0.4 is 10.6 Å². The maximum absolute atomic E-state index is 11.9. The molecule has 0 bridgehead atoms. The van der Waals surface area contributed by atoms with E-state index in [0.717, 1.165) is 26.1 Å². The van der Waals surface area contributed by atoms with Crippen molar-refractivity contribution in [2.45, 2.75) is 12.8 Å². The lowest BCUT2D eigenvalue weighted by molar-refractivity contribution is -0.118. The maximum Gasteiger partial charge on any atom is 0.230 e. The molecule has 1 saturated heterocycles. The van der Waals surface area contributed by atoms with E-state index in [4.69, 9.17) is 0 Å². The van der Waals surface area contributed by atoms with E-state index in [0.29, 0.717) is 23.0 Å². The van der Waals surface area contributed by atoms with Gasteiger partial charge in [0.2, 0.25) is 5.91 Å². The SMILES string of the molecule is O=C(CSCC(=O)c1ccccc1)NCCC1CCNC1. The van der Waals surface area contributed by atoms with Crippen LogP contribution in [0.25, 0.3) is 0 Å². The largest absolute Gasteiger partial charge is 0.355 e. The summed E-state index contributed by atoms with van der Waals surface area (Å²) in [5, 5.41) is 6.24. The number of carbonyl (C=O) groups is 2. The molecular formula is C16H22N2O2S. The molecule has 1 aromatic carbocycles. The third-order valence-corrected chi connectivity index (χ3v) is 4.53. The van der Waals surface area contributed by atoms with E-state index in [1.54, 1.807) is 12.1 Å². The van der Waals surface area contributed by atoms with Crippen LogP contribution in [0, 0.1) is 5.92 Å². The van der Waals surface area contributed by atoms with Crippen LogP contribution in [0.2, 0.25) is 0 Å². The van der Waals surface area contributed by atoms with Crippen LogP contribution in [0.15, 0.2) is 30.3 Å². The number of thioether (sulfide) groups is 1. The molecule has 0 aromatic heterocycles. The summed E-state index contributed by atoms with van der Waals surface area (Å²) in [4.78, 5) is 23.5. The minimum absolute atomic E-state index is 0.0202. The van der Waals surface area contributed by atoms with Crippen LogP contribution in [-0.4, -0.2) is 42.8 Å². The van der Waals surface area contributed by atoms with Gasteiger partial charge in [0.25, 0.3) is 0 Å². The Labute approximate surface area is 130 Å². The molecule has 114 valence electrons. The molecule has 4 nitrogen and oxygen atoms in total. The number of rotatable bonds is 8. The first kappa shape index (κ1) is 16.0. The summed E-state index contributed by atoms with van der Waals surface area (Å²) in [5.74, 6) is 1.49. The Morgan fingerprint density at radius 2 is 2.05 bits per heavy atom. The van der Waals surface area contributed by atoms with Gasteiger partial charge in [0.05, 0.1) is 11.5 Å². The van der Waals surface area contributed by atoms with Crippen LogP contribution in [0.4, 0.5) is 0 Å². The van der Waals surface area contributed by atoms with E-state index in [1.807, 2.05) is 18.2 Å². The van der Waals surface area contributed by atoms with E-state index in [-0.39, 0.29) is 11.7 Å². The Bertz CT molecular complexity index is 459. The topological polar surface area (TPSA) is 58.2 Å². The second kappa shape index (κ2) is 8.85. The van der Waals surface area contributed by atoms with Crippen molar-refractivity contribution in [2.75, 3.05) is 31.1 Å². The lowest BCUT2D eigenvalue weighted by atomic mass is 10.1. The molecular weight excluding hydrogens is 284 g/mol. The summed E-state index contributed by atoms with van der Waals surface area (Å²) in [6.07, 6.45) is 2.24. The standard InChI is InChI=1S/C16H22N2O2S/c19-15(14-4-2-1-3-5-14)11-21-12-16(20)18-9-7-13-6-8-17-10-13/h1-5,13,17H,6-12H2,(H,18,20). The molecule has 1 aromatic rings. The van der Waals surface area contributed by atoms with Gasteiger partial charge in [-0.05, 0) is 31.8 Å². The molecule has 1 fully saturated rings. The van der Waals surface area contributed by atoms with E-state index in [2.05, 4.69) is 10.6 Å². The van der Waals surface area contributed by atoms with Crippen molar-refractivity contribution in [3.8, 4) is 0 Å². The first-order chi connectivity index (χ1) is 10.3. The number of carbonyl (C=O) groups excluding carboxylic acids is 2. The molecule has 1 aliphatic rings. The lowest BCUT2D eigenvalue weighted by Gasteiger charge is -2.09. The fourth-order valence-corrected chi connectivity index (χ4v) is 3.11. The highest BCUT2D eigenvalue weighted by molar-refractivity contribution is 8.00. The molecule has 2 rings (SSSR count). The van der Waals surface area contributed by atoms with E-state index >= 15 is 0 Å². The van der Waals surface area contributed by atoms with Gasteiger partial charge in [-0.1, -0.05) is 30.3 Å². The first-order valence-electron chi connectivity index (χ1n) is 7.39. The minimum Gasteiger partial charge on any atom is -0.355 e. The fraction of sp³-hybridized carbons (Fsp3) is 0.500. The van der Waals surface area contributed by atoms with E-state index in [1.165, 1.54) is 18.2 Å². The highest BCUT2D eigenvalue weighted by Crippen LogP contribution is 2.11. The van der Waals surface area contributed by atoms with Crippen LogP contribution in [0.5, 0.6) is 0 Å². The van der Waals surface area contributed by atoms with Crippen molar-refractivity contribution in [3.63, 3.8) is 0 Å². The van der Waals surface area contributed by atoms with Gasteiger partial charge in [-0.15, -0.1) is 11.8 Å². The number of amides is 1. The third kappa shape index (κ3) is 5.89. The van der Waals surface area contributed by atoms with E-state index < -0.39 is 0 Å². The first-order valence-corrected chi connectivity index (χ1v) is 8.54. The quantitative estimate of drug-likeness (QED) is 0.718. The summed E-state index contributed by atoms with van der Waals surface area (Å²) in [6.45, 7) is 2.89. The monoisotopic (exact) mass is 306 g/mol. The van der Waals surface area contributed by atoms with Crippen molar-refractivity contribution in [2.24, 2.45) is 5.92 Å². The van der Waals surface area contributed by atoms with E-state index in [9.17, 15) is 9.59 Å². The second-order valence-electron chi connectivity index (χ2n) is 5.28. The zero-order valence-corrected chi connectivity index (χ0v) is 13.0. The summed E-state index contributed by atoms with van der Waals surface area (Å²) in [7, 11) is 0. The number of nitrogens with one attached hydrogen (secondary N) is 2. The molecule has 1 atom stereocenters. The van der Waals surface area contributed by atoms with Crippen molar-refractivity contribution in [1.29, 1.82) is 0 Å².